The van der Waals surface area contributed by atoms with Gasteiger partial charge in [-0.15, -0.1) is 11.3 Å². The van der Waals surface area contributed by atoms with Crippen LogP contribution in [0.3, 0.4) is 0 Å². The Morgan fingerprint density at radius 3 is 2.72 bits per heavy atom. The van der Waals surface area contributed by atoms with Crippen LogP contribution in [0.2, 0.25) is 0 Å². The van der Waals surface area contributed by atoms with Crippen molar-refractivity contribution in [1.29, 1.82) is 0 Å². The van der Waals surface area contributed by atoms with Crippen molar-refractivity contribution < 1.29 is 4.79 Å². The van der Waals surface area contributed by atoms with Crippen molar-refractivity contribution >= 4 is 17.2 Å². The molecule has 1 fully saturated rings. The quantitative estimate of drug-likeness (QED) is 0.912. The Morgan fingerprint density at radius 2 is 2.17 bits per heavy atom. The summed E-state index contributed by atoms with van der Waals surface area (Å²) >= 11 is 1.61. The number of nitrogens with zero attached hydrogens (tertiary/aromatic N) is 2. The monoisotopic (exact) mass is 267 g/mol. The van der Waals surface area contributed by atoms with E-state index >= 15 is 0 Å². The van der Waals surface area contributed by atoms with Crippen LogP contribution in [0.4, 0.5) is 0 Å². The number of thiazole rings is 1. The molecule has 18 heavy (non-hydrogen) atoms. The molecule has 1 aliphatic rings. The van der Waals surface area contributed by atoms with Gasteiger partial charge in [-0.1, -0.05) is 19.3 Å². The number of hydrogen-bond donors (Lipinski definition) is 1. The van der Waals surface area contributed by atoms with E-state index in [4.69, 9.17) is 5.73 Å². The summed E-state index contributed by atoms with van der Waals surface area (Å²) in [5.41, 5.74) is 6.56. The van der Waals surface area contributed by atoms with Crippen LogP contribution in [-0.4, -0.2) is 28.4 Å². The fourth-order valence-corrected chi connectivity index (χ4v) is 3.18. The Labute approximate surface area is 112 Å². The zero-order chi connectivity index (χ0) is 13.2. The van der Waals surface area contributed by atoms with Gasteiger partial charge in [-0.3, -0.25) is 4.79 Å². The molecule has 1 heterocycles. The molecule has 2 rings (SSSR count). The molecule has 2 N–H and O–H groups in total. The number of aromatic nitrogens is 1. The van der Waals surface area contributed by atoms with Gasteiger partial charge in [0, 0.05) is 12.4 Å². The predicted octanol–water partition coefficient (Wildman–Crippen LogP) is 2.07. The maximum absolute atomic E-state index is 12.4. The van der Waals surface area contributed by atoms with Crippen molar-refractivity contribution in [1.82, 2.24) is 9.88 Å². The van der Waals surface area contributed by atoms with E-state index in [0.717, 1.165) is 36.4 Å². The van der Waals surface area contributed by atoms with E-state index < -0.39 is 5.54 Å². The fourth-order valence-electron chi connectivity index (χ4n) is 2.57. The minimum atomic E-state index is -0.641. The van der Waals surface area contributed by atoms with E-state index in [9.17, 15) is 4.79 Å². The molecule has 1 amide bonds. The molecule has 1 aromatic rings. The lowest BCUT2D eigenvalue weighted by Crippen LogP contribution is -2.55. The molecule has 1 saturated carbocycles. The number of carbonyl (C=O) groups excluding carboxylic acids is 1. The summed E-state index contributed by atoms with van der Waals surface area (Å²) in [6.07, 6.45) is 4.94. The van der Waals surface area contributed by atoms with Gasteiger partial charge in [-0.25, -0.2) is 4.98 Å². The smallest absolute Gasteiger partial charge is 0.242 e. The Balaban J connectivity index is 1.99. The Kier molecular flexibility index (Phi) is 4.02. The molecular weight excluding hydrogens is 246 g/mol. The van der Waals surface area contributed by atoms with E-state index in [1.807, 2.05) is 19.4 Å². The van der Waals surface area contributed by atoms with Crippen molar-refractivity contribution in [3.05, 3.63) is 16.1 Å². The Morgan fingerprint density at radius 1 is 1.50 bits per heavy atom. The van der Waals surface area contributed by atoms with Crippen LogP contribution in [0, 0.1) is 6.92 Å². The molecule has 1 aliphatic carbocycles. The van der Waals surface area contributed by atoms with Crippen LogP contribution in [0.5, 0.6) is 0 Å². The molecular formula is C13H21N3OS. The highest BCUT2D eigenvalue weighted by molar-refractivity contribution is 7.09. The number of amides is 1. The molecule has 4 nitrogen and oxygen atoms in total. The third-order valence-electron chi connectivity index (χ3n) is 3.58. The van der Waals surface area contributed by atoms with Gasteiger partial charge in [-0.05, 0) is 19.8 Å². The molecule has 0 spiro atoms. The van der Waals surface area contributed by atoms with Crippen LogP contribution in [0.15, 0.2) is 5.38 Å². The van der Waals surface area contributed by atoms with Crippen molar-refractivity contribution in [2.24, 2.45) is 5.73 Å². The zero-order valence-electron chi connectivity index (χ0n) is 11.1. The fraction of sp³-hybridized carbons (Fsp3) is 0.692. The van der Waals surface area contributed by atoms with Gasteiger partial charge < -0.3 is 10.6 Å². The minimum absolute atomic E-state index is 0.0628. The summed E-state index contributed by atoms with van der Waals surface area (Å²) < 4.78 is 0. The van der Waals surface area contributed by atoms with Gasteiger partial charge >= 0.3 is 0 Å². The van der Waals surface area contributed by atoms with E-state index in [0.29, 0.717) is 6.54 Å². The molecule has 0 aliphatic heterocycles. The summed E-state index contributed by atoms with van der Waals surface area (Å²) in [5.74, 6) is 0.0628. The molecule has 100 valence electrons. The number of aryl methyl sites for hydroxylation is 1. The van der Waals surface area contributed by atoms with E-state index in [2.05, 4.69) is 4.98 Å². The highest BCUT2D eigenvalue weighted by Gasteiger charge is 2.37. The average molecular weight is 267 g/mol. The van der Waals surface area contributed by atoms with Gasteiger partial charge in [0.05, 0.1) is 22.8 Å². The molecule has 1 aromatic heterocycles. The zero-order valence-corrected chi connectivity index (χ0v) is 11.9. The first kappa shape index (κ1) is 13.5. The highest BCUT2D eigenvalue weighted by Crippen LogP contribution is 2.27. The number of likely N-dealkylation sites (N-methyl/N-ethyl adjacent to an activating group) is 1. The molecule has 0 atom stereocenters. The van der Waals surface area contributed by atoms with Crippen LogP contribution in [0.1, 0.15) is 42.8 Å². The highest BCUT2D eigenvalue weighted by atomic mass is 32.1. The van der Waals surface area contributed by atoms with Crippen LogP contribution >= 0.6 is 11.3 Å². The number of rotatable bonds is 3. The summed E-state index contributed by atoms with van der Waals surface area (Å²) in [5, 5.41) is 3.04. The molecule has 0 saturated heterocycles. The van der Waals surface area contributed by atoms with Gasteiger partial charge in [-0.2, -0.15) is 0 Å². The first-order valence-corrected chi connectivity index (χ1v) is 7.35. The number of carbonyl (C=O) groups is 1. The van der Waals surface area contributed by atoms with E-state index in [1.165, 1.54) is 6.42 Å². The molecule has 0 bridgehead atoms. The second-order valence-electron chi connectivity index (χ2n) is 5.24. The summed E-state index contributed by atoms with van der Waals surface area (Å²) in [7, 11) is 1.82. The van der Waals surface area contributed by atoms with Crippen LogP contribution in [-0.2, 0) is 11.3 Å². The first-order valence-electron chi connectivity index (χ1n) is 6.47. The molecule has 0 aromatic carbocycles. The van der Waals surface area contributed by atoms with Crippen molar-refractivity contribution in [3.63, 3.8) is 0 Å². The SMILES string of the molecule is Cc1nc(CN(C)C(=O)C2(N)CCCCC2)cs1. The van der Waals surface area contributed by atoms with Crippen molar-refractivity contribution in [2.45, 2.75) is 51.1 Å². The van der Waals surface area contributed by atoms with Gasteiger partial charge in [0.2, 0.25) is 5.91 Å². The van der Waals surface area contributed by atoms with Crippen molar-refractivity contribution in [2.75, 3.05) is 7.05 Å². The molecule has 5 heteroatoms. The van der Waals surface area contributed by atoms with E-state index in [1.54, 1.807) is 16.2 Å². The Hall–Kier alpha value is -0.940. The van der Waals surface area contributed by atoms with Gasteiger partial charge in [0.15, 0.2) is 0 Å². The molecule has 0 unspecified atom stereocenters. The maximum Gasteiger partial charge on any atom is 0.242 e. The third-order valence-corrected chi connectivity index (χ3v) is 4.41. The average Bonchev–Trinajstić information content (AvgIpc) is 2.74. The van der Waals surface area contributed by atoms with Gasteiger partial charge in [0.25, 0.3) is 0 Å². The summed E-state index contributed by atoms with van der Waals surface area (Å²) in [6, 6.07) is 0. The molecule has 0 radical (unpaired) electrons. The second-order valence-corrected chi connectivity index (χ2v) is 6.30. The lowest BCUT2D eigenvalue weighted by Gasteiger charge is -2.35. The standard InChI is InChI=1S/C13H21N3OS/c1-10-15-11(9-18-10)8-16(2)12(17)13(14)6-4-3-5-7-13/h9H,3-8,14H2,1-2H3. The third kappa shape index (κ3) is 2.90. The lowest BCUT2D eigenvalue weighted by atomic mass is 9.81. The predicted molar refractivity (Wildman–Crippen MR) is 73.3 cm³/mol. The largest absolute Gasteiger partial charge is 0.338 e. The van der Waals surface area contributed by atoms with Gasteiger partial charge in [0.1, 0.15) is 0 Å². The minimum Gasteiger partial charge on any atom is -0.338 e. The van der Waals surface area contributed by atoms with Crippen LogP contribution < -0.4 is 5.73 Å². The van der Waals surface area contributed by atoms with Crippen molar-refractivity contribution in [3.8, 4) is 0 Å². The second kappa shape index (κ2) is 5.36. The first-order chi connectivity index (χ1) is 8.51. The topological polar surface area (TPSA) is 59.2 Å². The summed E-state index contributed by atoms with van der Waals surface area (Å²) in [6.45, 7) is 2.53. The lowest BCUT2D eigenvalue weighted by molar-refractivity contribution is -0.137. The summed E-state index contributed by atoms with van der Waals surface area (Å²) in [4.78, 5) is 18.5. The Bertz CT molecular complexity index is 424. The number of hydrogen-bond acceptors (Lipinski definition) is 4. The van der Waals surface area contributed by atoms with E-state index in [-0.39, 0.29) is 5.91 Å². The normalized spacial score (nSPS) is 18.6. The van der Waals surface area contributed by atoms with Crippen LogP contribution in [0.25, 0.3) is 0 Å². The maximum atomic E-state index is 12.4. The number of nitrogens with two attached hydrogens (primary N) is 1.